The van der Waals surface area contributed by atoms with Crippen LogP contribution in [0.15, 0.2) is 36.4 Å². The molecule has 148 valence electrons. The van der Waals surface area contributed by atoms with E-state index in [9.17, 15) is 0 Å². The smallest absolute Gasteiger partial charge is 0.399 e. The Balaban J connectivity index is 1.50. The summed E-state index contributed by atoms with van der Waals surface area (Å²) in [5.41, 5.74) is -0.598. The van der Waals surface area contributed by atoms with E-state index in [1.165, 1.54) is 43.6 Å². The molecule has 0 N–H and O–H groups in total. The van der Waals surface area contributed by atoms with Gasteiger partial charge in [0, 0.05) is 29.2 Å². The number of aryl methyl sites for hydroxylation is 1. The summed E-state index contributed by atoms with van der Waals surface area (Å²) in [6.45, 7) is 10.6. The molecule has 1 fully saturated rings. The van der Waals surface area contributed by atoms with E-state index in [1.807, 2.05) is 22.7 Å². The van der Waals surface area contributed by atoms with E-state index in [4.69, 9.17) is 9.31 Å². The lowest BCUT2D eigenvalue weighted by molar-refractivity contribution is 0.00578. The standard InChI is InChI=1S/C22H27BO2S3/c1-6-7-8-15-9-10-16(26-15)17-11-12-18(27-17)19-13-14-20(28-19)23-24-21(2,3)22(4,5)25-23/h9-14H,6-8H2,1-5H3. The Hall–Kier alpha value is -0.915. The minimum atomic E-state index is -0.299. The topological polar surface area (TPSA) is 18.5 Å². The molecular formula is C22H27BO2S3. The molecule has 0 amide bonds. The number of rotatable bonds is 6. The number of hydrogen-bond acceptors (Lipinski definition) is 5. The average Bonchev–Trinajstić information content (AvgIpc) is 3.39. The van der Waals surface area contributed by atoms with Crippen LogP contribution in [0.4, 0.5) is 0 Å². The second kappa shape index (κ2) is 7.73. The van der Waals surface area contributed by atoms with Crippen LogP contribution in [0, 0.1) is 0 Å². The molecule has 28 heavy (non-hydrogen) atoms. The van der Waals surface area contributed by atoms with Crippen LogP contribution in [0.3, 0.4) is 0 Å². The second-order valence-electron chi connectivity index (χ2n) is 8.32. The van der Waals surface area contributed by atoms with Gasteiger partial charge in [0.05, 0.1) is 11.2 Å². The van der Waals surface area contributed by atoms with Crippen molar-refractivity contribution in [1.82, 2.24) is 0 Å². The fourth-order valence-corrected chi connectivity index (χ4v) is 6.37. The fraction of sp³-hybridized carbons (Fsp3) is 0.455. The van der Waals surface area contributed by atoms with Gasteiger partial charge in [-0.15, -0.1) is 34.0 Å². The molecule has 0 unspecified atom stereocenters. The van der Waals surface area contributed by atoms with E-state index >= 15 is 0 Å². The normalized spacial score (nSPS) is 18.1. The summed E-state index contributed by atoms with van der Waals surface area (Å²) in [6.07, 6.45) is 3.72. The molecule has 0 bridgehead atoms. The van der Waals surface area contributed by atoms with Crippen LogP contribution in [0.5, 0.6) is 0 Å². The molecular weight excluding hydrogens is 403 g/mol. The SMILES string of the molecule is CCCCc1ccc(-c2ccc(-c3ccc(B4OC(C)(C)C(C)(C)O4)s3)s2)s1. The van der Waals surface area contributed by atoms with Gasteiger partial charge in [-0.25, -0.2) is 0 Å². The maximum Gasteiger partial charge on any atom is 0.505 e. The highest BCUT2D eigenvalue weighted by atomic mass is 32.1. The van der Waals surface area contributed by atoms with Crippen LogP contribution < -0.4 is 4.78 Å². The predicted molar refractivity (Wildman–Crippen MR) is 125 cm³/mol. The van der Waals surface area contributed by atoms with Gasteiger partial charge in [-0.05, 0) is 70.9 Å². The van der Waals surface area contributed by atoms with Crippen molar-refractivity contribution in [3.05, 3.63) is 41.3 Å². The molecule has 0 saturated carbocycles. The molecule has 3 aromatic heterocycles. The third-order valence-corrected chi connectivity index (χ3v) is 9.37. The van der Waals surface area contributed by atoms with Crippen LogP contribution in [0.2, 0.25) is 0 Å². The largest absolute Gasteiger partial charge is 0.505 e. The Morgan fingerprint density at radius 2 is 1.29 bits per heavy atom. The summed E-state index contributed by atoms with van der Waals surface area (Å²) in [4.78, 5) is 6.82. The Labute approximate surface area is 180 Å². The summed E-state index contributed by atoms with van der Waals surface area (Å²) in [5, 5.41) is 0. The van der Waals surface area contributed by atoms with Gasteiger partial charge in [0.1, 0.15) is 0 Å². The third-order valence-electron chi connectivity index (χ3n) is 5.64. The molecule has 0 radical (unpaired) electrons. The van der Waals surface area contributed by atoms with Gasteiger partial charge in [-0.3, -0.25) is 0 Å². The van der Waals surface area contributed by atoms with Crippen molar-refractivity contribution >= 4 is 45.9 Å². The van der Waals surface area contributed by atoms with Gasteiger partial charge in [0.25, 0.3) is 0 Å². The van der Waals surface area contributed by atoms with Crippen molar-refractivity contribution < 1.29 is 9.31 Å². The van der Waals surface area contributed by atoms with Gasteiger partial charge in [-0.2, -0.15) is 0 Å². The molecule has 0 aromatic carbocycles. The Kier molecular flexibility index (Phi) is 5.62. The molecule has 4 heterocycles. The van der Waals surface area contributed by atoms with Gasteiger partial charge in [0.15, 0.2) is 0 Å². The van der Waals surface area contributed by atoms with Gasteiger partial charge in [0.2, 0.25) is 0 Å². The quantitative estimate of drug-likeness (QED) is 0.398. The zero-order valence-electron chi connectivity index (χ0n) is 17.2. The highest BCUT2D eigenvalue weighted by molar-refractivity contribution is 7.29. The summed E-state index contributed by atoms with van der Waals surface area (Å²) in [5.74, 6) is 0. The van der Waals surface area contributed by atoms with Crippen LogP contribution in [0.1, 0.15) is 52.3 Å². The molecule has 3 aromatic rings. The van der Waals surface area contributed by atoms with E-state index in [0.29, 0.717) is 0 Å². The van der Waals surface area contributed by atoms with Crippen molar-refractivity contribution in [3.8, 4) is 19.5 Å². The second-order valence-corrected chi connectivity index (χ2v) is 11.7. The Bertz CT molecular complexity index is 935. The molecule has 2 nitrogen and oxygen atoms in total. The van der Waals surface area contributed by atoms with Gasteiger partial charge in [-0.1, -0.05) is 19.4 Å². The fourth-order valence-electron chi connectivity index (χ4n) is 3.17. The molecule has 4 rings (SSSR count). The van der Waals surface area contributed by atoms with Crippen LogP contribution in [-0.4, -0.2) is 18.3 Å². The first kappa shape index (κ1) is 20.4. The van der Waals surface area contributed by atoms with E-state index < -0.39 is 0 Å². The molecule has 1 aliphatic rings. The molecule has 0 aliphatic carbocycles. The molecule has 0 spiro atoms. The summed E-state index contributed by atoms with van der Waals surface area (Å²) in [7, 11) is -0.276. The number of thiophene rings is 3. The molecule has 0 atom stereocenters. The molecule has 1 saturated heterocycles. The van der Waals surface area contributed by atoms with E-state index in [0.717, 1.165) is 4.78 Å². The van der Waals surface area contributed by atoms with Gasteiger partial charge < -0.3 is 9.31 Å². The zero-order valence-corrected chi connectivity index (χ0v) is 19.7. The highest BCUT2D eigenvalue weighted by Crippen LogP contribution is 2.41. The maximum absolute atomic E-state index is 6.20. The van der Waals surface area contributed by atoms with E-state index in [-0.39, 0.29) is 18.3 Å². The predicted octanol–water partition coefficient (Wildman–Crippen LogP) is 6.85. The van der Waals surface area contributed by atoms with Crippen LogP contribution in [-0.2, 0) is 15.7 Å². The molecule has 6 heteroatoms. The maximum atomic E-state index is 6.20. The van der Waals surface area contributed by atoms with E-state index in [1.54, 1.807) is 11.3 Å². The van der Waals surface area contributed by atoms with Crippen molar-refractivity contribution in [1.29, 1.82) is 0 Å². The first-order chi connectivity index (χ1) is 13.3. The number of unbranched alkanes of at least 4 members (excludes halogenated alkanes) is 1. The summed E-state index contributed by atoms with van der Waals surface area (Å²) >= 11 is 5.58. The van der Waals surface area contributed by atoms with Crippen LogP contribution in [0.25, 0.3) is 19.5 Å². The van der Waals surface area contributed by atoms with Crippen LogP contribution >= 0.6 is 34.0 Å². The monoisotopic (exact) mass is 430 g/mol. The Morgan fingerprint density at radius 3 is 1.93 bits per heavy atom. The first-order valence-corrected chi connectivity index (χ1v) is 12.4. The Morgan fingerprint density at radius 1 is 0.750 bits per heavy atom. The zero-order chi connectivity index (χ0) is 19.9. The lowest BCUT2D eigenvalue weighted by Crippen LogP contribution is -2.41. The lowest BCUT2D eigenvalue weighted by Gasteiger charge is -2.32. The highest BCUT2D eigenvalue weighted by Gasteiger charge is 2.52. The van der Waals surface area contributed by atoms with E-state index in [2.05, 4.69) is 71.0 Å². The first-order valence-electron chi connectivity index (χ1n) is 9.94. The lowest BCUT2D eigenvalue weighted by atomic mass is 9.88. The summed E-state index contributed by atoms with van der Waals surface area (Å²) < 4.78 is 13.5. The van der Waals surface area contributed by atoms with Crippen molar-refractivity contribution in [3.63, 3.8) is 0 Å². The molecule has 1 aliphatic heterocycles. The van der Waals surface area contributed by atoms with Crippen molar-refractivity contribution in [2.75, 3.05) is 0 Å². The average molecular weight is 430 g/mol. The minimum Gasteiger partial charge on any atom is -0.399 e. The number of hydrogen-bond donors (Lipinski definition) is 0. The van der Waals surface area contributed by atoms with Crippen molar-refractivity contribution in [2.45, 2.75) is 65.1 Å². The minimum absolute atomic E-state index is 0.276. The van der Waals surface area contributed by atoms with Gasteiger partial charge >= 0.3 is 7.12 Å². The third kappa shape index (κ3) is 3.90. The summed E-state index contributed by atoms with van der Waals surface area (Å²) in [6, 6.07) is 13.4. The van der Waals surface area contributed by atoms with Crippen molar-refractivity contribution in [2.24, 2.45) is 0 Å².